The first-order valence-corrected chi connectivity index (χ1v) is 7.46. The van der Waals surface area contributed by atoms with Crippen LogP contribution < -0.4 is 10.2 Å². The van der Waals surface area contributed by atoms with Crippen LogP contribution in [0.2, 0.25) is 0 Å². The Bertz CT molecular complexity index is 752. The monoisotopic (exact) mass is 314 g/mol. The van der Waals surface area contributed by atoms with E-state index in [9.17, 15) is 9.90 Å². The van der Waals surface area contributed by atoms with Crippen molar-refractivity contribution in [3.8, 4) is 11.5 Å². The van der Waals surface area contributed by atoms with Crippen LogP contribution in [0.5, 0.6) is 11.5 Å². The number of phenolic OH excluding ortho intramolecular Hbond substituents is 1. The molecule has 7 heteroatoms. The minimum Gasteiger partial charge on any atom is -0.504 e. The number of fused-ring (bicyclic) bond motifs is 1. The van der Waals surface area contributed by atoms with Crippen molar-refractivity contribution in [1.29, 1.82) is 0 Å². The maximum Gasteiger partial charge on any atom is 0.292 e. The molecule has 2 aromatic rings. The summed E-state index contributed by atoms with van der Waals surface area (Å²) >= 11 is 0. The van der Waals surface area contributed by atoms with E-state index < -0.39 is 0 Å². The molecule has 0 bridgehead atoms. The first-order valence-electron chi connectivity index (χ1n) is 7.46. The van der Waals surface area contributed by atoms with Crippen LogP contribution in [-0.2, 0) is 12.8 Å². The van der Waals surface area contributed by atoms with E-state index in [1.807, 2.05) is 0 Å². The second kappa shape index (κ2) is 6.51. The number of phenols is 1. The van der Waals surface area contributed by atoms with Crippen LogP contribution in [0.1, 0.15) is 40.2 Å². The van der Waals surface area contributed by atoms with Crippen LogP contribution in [0, 0.1) is 0 Å². The van der Waals surface area contributed by atoms with E-state index in [0.29, 0.717) is 17.0 Å². The van der Waals surface area contributed by atoms with Gasteiger partial charge in [0.05, 0.1) is 13.3 Å². The van der Waals surface area contributed by atoms with Crippen LogP contribution in [-0.4, -0.2) is 34.5 Å². The van der Waals surface area contributed by atoms with Crippen LogP contribution in [0.3, 0.4) is 0 Å². The number of hydrogen-bond acceptors (Lipinski definition) is 5. The molecule has 1 aliphatic carbocycles. The Morgan fingerprint density at radius 3 is 3.09 bits per heavy atom. The van der Waals surface area contributed by atoms with E-state index >= 15 is 0 Å². The largest absolute Gasteiger partial charge is 0.504 e. The number of nitrogens with zero attached hydrogens (tertiary/aromatic N) is 2. The molecule has 0 atom stereocenters. The number of rotatable bonds is 4. The van der Waals surface area contributed by atoms with Crippen molar-refractivity contribution in [2.24, 2.45) is 5.10 Å². The molecule has 23 heavy (non-hydrogen) atoms. The van der Waals surface area contributed by atoms with Gasteiger partial charge in [-0.15, -0.1) is 0 Å². The normalized spacial score (nSPS) is 13.8. The predicted octanol–water partition coefficient (Wildman–Crippen LogP) is 1.77. The van der Waals surface area contributed by atoms with Crippen molar-refractivity contribution in [2.75, 3.05) is 7.11 Å². The zero-order chi connectivity index (χ0) is 16.2. The maximum absolute atomic E-state index is 12.2. The van der Waals surface area contributed by atoms with E-state index in [2.05, 4.69) is 20.7 Å². The summed E-state index contributed by atoms with van der Waals surface area (Å²) in [5.74, 6) is -0.0326. The van der Waals surface area contributed by atoms with Gasteiger partial charge >= 0.3 is 0 Å². The molecular weight excluding hydrogens is 296 g/mol. The van der Waals surface area contributed by atoms with Gasteiger partial charge < -0.3 is 9.84 Å². The fraction of sp³-hybridized carbons (Fsp3) is 0.312. The highest BCUT2D eigenvalue weighted by Crippen LogP contribution is 2.28. The number of ether oxygens (including phenoxy) is 1. The molecule has 7 nitrogen and oxygen atoms in total. The fourth-order valence-electron chi connectivity index (χ4n) is 2.69. The number of methoxy groups -OCH3 is 1. The minimum absolute atomic E-state index is 0.0230. The molecule has 0 saturated heterocycles. The Hall–Kier alpha value is -2.83. The molecule has 3 N–H and O–H groups in total. The number of H-pyrrole nitrogens is 1. The van der Waals surface area contributed by atoms with Gasteiger partial charge in [-0.1, -0.05) is 6.07 Å². The second-order valence-corrected chi connectivity index (χ2v) is 5.33. The number of aromatic nitrogens is 2. The lowest BCUT2D eigenvalue weighted by atomic mass is 9.96. The third-order valence-electron chi connectivity index (χ3n) is 3.89. The average Bonchev–Trinajstić information content (AvgIpc) is 3.00. The van der Waals surface area contributed by atoms with Gasteiger partial charge in [0.15, 0.2) is 17.2 Å². The molecule has 1 aromatic heterocycles. The van der Waals surface area contributed by atoms with Crippen molar-refractivity contribution in [3.63, 3.8) is 0 Å². The highest BCUT2D eigenvalue weighted by atomic mass is 16.5. The van der Waals surface area contributed by atoms with Crippen molar-refractivity contribution in [1.82, 2.24) is 15.6 Å². The van der Waals surface area contributed by atoms with Crippen molar-refractivity contribution in [2.45, 2.75) is 25.7 Å². The first-order chi connectivity index (χ1) is 11.2. The number of amides is 1. The summed E-state index contributed by atoms with van der Waals surface area (Å²) in [7, 11) is 1.47. The summed E-state index contributed by atoms with van der Waals surface area (Å²) in [6, 6.07) is 5.04. The summed E-state index contributed by atoms with van der Waals surface area (Å²) < 4.78 is 5.02. The lowest BCUT2D eigenvalue weighted by molar-refractivity contribution is 0.0949. The minimum atomic E-state index is -0.358. The van der Waals surface area contributed by atoms with Gasteiger partial charge in [-0.25, -0.2) is 5.43 Å². The van der Waals surface area contributed by atoms with Gasteiger partial charge in [-0.05, 0) is 37.8 Å². The number of nitrogens with one attached hydrogen (secondary N) is 2. The summed E-state index contributed by atoms with van der Waals surface area (Å²) in [5.41, 5.74) is 5.31. The number of hydrazone groups is 1. The Kier molecular flexibility index (Phi) is 4.27. The molecule has 0 aliphatic heterocycles. The molecule has 1 heterocycles. The lowest BCUT2D eigenvalue weighted by Crippen LogP contribution is -2.20. The molecule has 0 unspecified atom stereocenters. The lowest BCUT2D eigenvalue weighted by Gasteiger charge is -2.10. The topological polar surface area (TPSA) is 99.6 Å². The van der Waals surface area contributed by atoms with Crippen molar-refractivity contribution >= 4 is 12.1 Å². The van der Waals surface area contributed by atoms with Gasteiger partial charge in [0, 0.05) is 16.8 Å². The molecular formula is C16H18N4O3. The molecule has 0 saturated carbocycles. The molecule has 120 valence electrons. The third-order valence-corrected chi connectivity index (χ3v) is 3.89. The number of benzene rings is 1. The van der Waals surface area contributed by atoms with Gasteiger partial charge in [0.2, 0.25) is 0 Å². The molecule has 1 aliphatic rings. The van der Waals surface area contributed by atoms with Crippen LogP contribution in [0.15, 0.2) is 23.3 Å². The number of carbonyl (C=O) groups excluding carboxylic acids is 1. The van der Waals surface area contributed by atoms with Gasteiger partial charge in [0.1, 0.15) is 0 Å². The first kappa shape index (κ1) is 15.1. The van der Waals surface area contributed by atoms with Gasteiger partial charge in [-0.2, -0.15) is 10.2 Å². The maximum atomic E-state index is 12.2. The van der Waals surface area contributed by atoms with Crippen LogP contribution in [0.4, 0.5) is 0 Å². The average molecular weight is 314 g/mol. The van der Waals surface area contributed by atoms with E-state index in [0.717, 1.165) is 36.9 Å². The number of aromatic hydroxyl groups is 1. The predicted molar refractivity (Wildman–Crippen MR) is 84.9 cm³/mol. The summed E-state index contributed by atoms with van der Waals surface area (Å²) in [6.07, 6.45) is 5.33. The Morgan fingerprint density at radius 1 is 1.43 bits per heavy atom. The second-order valence-electron chi connectivity index (χ2n) is 5.33. The quantitative estimate of drug-likeness (QED) is 0.591. The molecule has 0 fully saturated rings. The van der Waals surface area contributed by atoms with Gasteiger partial charge in [-0.3, -0.25) is 9.89 Å². The Morgan fingerprint density at radius 2 is 2.26 bits per heavy atom. The van der Waals surface area contributed by atoms with Gasteiger partial charge in [0.25, 0.3) is 5.91 Å². The number of carbonyl (C=O) groups is 1. The van der Waals surface area contributed by atoms with Crippen molar-refractivity contribution in [3.05, 3.63) is 40.7 Å². The smallest absolute Gasteiger partial charge is 0.292 e. The van der Waals surface area contributed by atoms with Crippen LogP contribution >= 0.6 is 0 Å². The standard InChI is InChI=1S/C16H18N4O3/c1-23-13-8-4-5-10(15(13)21)9-17-20-16(22)14-11-6-2-3-7-12(11)18-19-14/h4-5,8-9,21H,2-3,6-7H2,1H3,(H,18,19)(H,20,22). The summed E-state index contributed by atoms with van der Waals surface area (Å²) in [6.45, 7) is 0. The number of aryl methyl sites for hydroxylation is 1. The highest BCUT2D eigenvalue weighted by molar-refractivity contribution is 5.95. The van der Waals surface area contributed by atoms with E-state index in [1.54, 1.807) is 18.2 Å². The summed E-state index contributed by atoms with van der Waals surface area (Å²) in [5, 5.41) is 20.8. The zero-order valence-electron chi connectivity index (χ0n) is 12.8. The van der Waals surface area contributed by atoms with Crippen molar-refractivity contribution < 1.29 is 14.6 Å². The summed E-state index contributed by atoms with van der Waals surface area (Å²) in [4.78, 5) is 12.2. The zero-order valence-corrected chi connectivity index (χ0v) is 12.8. The third kappa shape index (κ3) is 3.03. The Labute approximate surface area is 133 Å². The van der Waals surface area contributed by atoms with E-state index in [-0.39, 0.29) is 11.7 Å². The molecule has 0 radical (unpaired) electrons. The number of para-hydroxylation sites is 1. The SMILES string of the molecule is COc1cccc(C=NNC(=O)c2n[nH]c3c2CCCC3)c1O. The molecule has 1 amide bonds. The van der Waals surface area contributed by atoms with Crippen LogP contribution in [0.25, 0.3) is 0 Å². The highest BCUT2D eigenvalue weighted by Gasteiger charge is 2.21. The fourth-order valence-corrected chi connectivity index (χ4v) is 2.69. The number of aromatic amines is 1. The van der Waals surface area contributed by atoms with E-state index in [1.165, 1.54) is 13.3 Å². The Balaban J connectivity index is 1.71. The molecule has 3 rings (SSSR count). The van der Waals surface area contributed by atoms with E-state index in [4.69, 9.17) is 4.74 Å². The number of hydrogen-bond donors (Lipinski definition) is 3. The molecule has 1 aromatic carbocycles. The molecule has 0 spiro atoms.